The van der Waals surface area contributed by atoms with E-state index in [0.29, 0.717) is 34.6 Å². The number of allylic oxidation sites excluding steroid dienone is 2. The van der Waals surface area contributed by atoms with Gasteiger partial charge in [-0.05, 0) is 17.7 Å². The fourth-order valence-corrected chi connectivity index (χ4v) is 4.37. The van der Waals surface area contributed by atoms with Gasteiger partial charge in [0.15, 0.2) is 5.78 Å². The second-order valence-corrected chi connectivity index (χ2v) is 7.46. The molecule has 0 saturated carbocycles. The topological polar surface area (TPSA) is 69.7 Å². The van der Waals surface area contributed by atoms with Crippen molar-refractivity contribution < 1.29 is 23.9 Å². The normalized spacial score (nSPS) is 23.5. The van der Waals surface area contributed by atoms with E-state index >= 15 is 0 Å². The summed E-state index contributed by atoms with van der Waals surface area (Å²) < 4.78 is 11.2. The first kappa shape index (κ1) is 17.6. The van der Waals surface area contributed by atoms with E-state index in [2.05, 4.69) is 0 Å². The van der Waals surface area contributed by atoms with Gasteiger partial charge >= 0.3 is 5.97 Å². The van der Waals surface area contributed by atoms with E-state index in [1.54, 1.807) is 24.3 Å². The second-order valence-electron chi connectivity index (χ2n) is 7.46. The summed E-state index contributed by atoms with van der Waals surface area (Å²) in [7, 11) is 0. The van der Waals surface area contributed by atoms with Crippen LogP contribution < -0.4 is 0 Å². The number of benzene rings is 2. The Morgan fingerprint density at radius 1 is 1.07 bits per heavy atom. The molecule has 0 aromatic heterocycles. The van der Waals surface area contributed by atoms with Crippen LogP contribution in [0.2, 0.25) is 0 Å². The van der Waals surface area contributed by atoms with Crippen LogP contribution in [0.3, 0.4) is 0 Å². The first-order valence-corrected chi connectivity index (χ1v) is 9.58. The molecule has 0 radical (unpaired) electrons. The number of aldehydes is 1. The summed E-state index contributed by atoms with van der Waals surface area (Å²) in [6, 6.07) is 12.4. The Hall–Kier alpha value is -3.47. The highest BCUT2D eigenvalue weighted by molar-refractivity contribution is 6.24. The Bertz CT molecular complexity index is 1090. The fraction of sp³-hybridized carbons (Fsp3) is 0.208. The predicted molar refractivity (Wildman–Crippen MR) is 105 cm³/mol. The zero-order valence-corrected chi connectivity index (χ0v) is 15.5. The molecule has 5 nitrogen and oxygen atoms in total. The Kier molecular flexibility index (Phi) is 4.16. The first-order valence-electron chi connectivity index (χ1n) is 9.58. The number of carbonyl (C=O) groups excluding carboxylic acids is 3. The molecule has 0 unspecified atom stereocenters. The number of rotatable bonds is 4. The van der Waals surface area contributed by atoms with Gasteiger partial charge in [-0.25, -0.2) is 4.79 Å². The molecule has 0 N–H and O–H groups in total. The van der Waals surface area contributed by atoms with Crippen molar-refractivity contribution in [2.24, 2.45) is 17.8 Å². The molecular weight excluding hydrogens is 368 g/mol. The highest BCUT2D eigenvalue weighted by atomic mass is 16.6. The van der Waals surface area contributed by atoms with Crippen LogP contribution in [0.5, 0.6) is 0 Å². The third-order valence-electron chi connectivity index (χ3n) is 5.83. The van der Waals surface area contributed by atoms with Gasteiger partial charge in [-0.2, -0.15) is 0 Å². The Morgan fingerprint density at radius 3 is 2.69 bits per heavy atom. The molecule has 1 aliphatic heterocycles. The molecule has 3 atom stereocenters. The summed E-state index contributed by atoms with van der Waals surface area (Å²) in [5, 5.41) is 0. The molecule has 2 aromatic carbocycles. The number of ketones is 1. The smallest absolute Gasteiger partial charge is 0.339 e. The highest BCUT2D eigenvalue weighted by Crippen LogP contribution is 2.39. The minimum Gasteiger partial charge on any atom is -0.494 e. The van der Waals surface area contributed by atoms with E-state index in [-0.39, 0.29) is 30.1 Å². The second kappa shape index (κ2) is 6.85. The average molecular weight is 386 g/mol. The molecule has 5 rings (SSSR count). The van der Waals surface area contributed by atoms with Crippen LogP contribution in [-0.4, -0.2) is 31.3 Å². The van der Waals surface area contributed by atoms with E-state index in [1.165, 1.54) is 0 Å². The minimum absolute atomic E-state index is 0.00705. The molecule has 144 valence electrons. The molecule has 0 amide bonds. The number of hydrogen-bond acceptors (Lipinski definition) is 5. The molecule has 5 heteroatoms. The third kappa shape index (κ3) is 2.81. The van der Waals surface area contributed by atoms with E-state index in [1.807, 2.05) is 36.4 Å². The molecule has 29 heavy (non-hydrogen) atoms. The Labute approximate surface area is 167 Å². The van der Waals surface area contributed by atoms with E-state index in [0.717, 1.165) is 11.8 Å². The maximum absolute atomic E-state index is 12.8. The van der Waals surface area contributed by atoms with Crippen LogP contribution in [0, 0.1) is 17.8 Å². The lowest BCUT2D eigenvalue weighted by atomic mass is 9.87. The zero-order chi connectivity index (χ0) is 20.0. The van der Waals surface area contributed by atoms with Crippen molar-refractivity contribution in [3.63, 3.8) is 0 Å². The average Bonchev–Trinajstić information content (AvgIpc) is 3.31. The van der Waals surface area contributed by atoms with Gasteiger partial charge in [0, 0.05) is 34.4 Å². The van der Waals surface area contributed by atoms with E-state index in [4.69, 9.17) is 9.47 Å². The quantitative estimate of drug-likeness (QED) is 0.389. The summed E-state index contributed by atoms with van der Waals surface area (Å²) in [6.07, 6.45) is 6.73. The van der Waals surface area contributed by atoms with Crippen LogP contribution in [0.25, 0.3) is 11.1 Å². The monoisotopic (exact) mass is 386 g/mol. The van der Waals surface area contributed by atoms with Crippen LogP contribution >= 0.6 is 0 Å². The lowest BCUT2D eigenvalue weighted by molar-refractivity contribution is -0.111. The van der Waals surface area contributed by atoms with Crippen LogP contribution in [0.1, 0.15) is 26.3 Å². The largest absolute Gasteiger partial charge is 0.494 e. The molecule has 1 heterocycles. The molecule has 0 fully saturated rings. The molecule has 3 aliphatic rings. The minimum atomic E-state index is -0.505. The van der Waals surface area contributed by atoms with E-state index < -0.39 is 5.97 Å². The molecular formula is C24H18O5. The molecule has 2 aliphatic carbocycles. The number of fused-ring (bicyclic) bond motifs is 4. The Morgan fingerprint density at radius 2 is 1.86 bits per heavy atom. The molecule has 0 saturated heterocycles. The van der Waals surface area contributed by atoms with Crippen molar-refractivity contribution in [3.05, 3.63) is 83.1 Å². The first-order chi connectivity index (χ1) is 14.2. The van der Waals surface area contributed by atoms with Gasteiger partial charge in [0.1, 0.15) is 18.7 Å². The van der Waals surface area contributed by atoms with Gasteiger partial charge in [-0.15, -0.1) is 0 Å². The summed E-state index contributed by atoms with van der Waals surface area (Å²) in [5.41, 5.74) is 2.85. The number of ether oxygens (including phenoxy) is 2. The van der Waals surface area contributed by atoms with Crippen molar-refractivity contribution in [3.8, 4) is 11.1 Å². The van der Waals surface area contributed by atoms with Crippen molar-refractivity contribution in [1.29, 1.82) is 0 Å². The van der Waals surface area contributed by atoms with Gasteiger partial charge in [-0.1, -0.05) is 48.6 Å². The van der Waals surface area contributed by atoms with Gasteiger partial charge in [-0.3, -0.25) is 4.79 Å². The van der Waals surface area contributed by atoms with Crippen molar-refractivity contribution >= 4 is 18.0 Å². The maximum atomic E-state index is 12.8. The highest BCUT2D eigenvalue weighted by Gasteiger charge is 2.34. The molecule has 2 aromatic rings. The summed E-state index contributed by atoms with van der Waals surface area (Å²) >= 11 is 0. The van der Waals surface area contributed by atoms with Crippen molar-refractivity contribution in [2.75, 3.05) is 13.2 Å². The fourth-order valence-electron chi connectivity index (χ4n) is 4.37. The summed E-state index contributed by atoms with van der Waals surface area (Å²) in [4.78, 5) is 36.7. The number of esters is 1. The predicted octanol–water partition coefficient (Wildman–Crippen LogP) is 3.59. The number of hydrogen-bond donors (Lipinski definition) is 0. The lowest BCUT2D eigenvalue weighted by Gasteiger charge is -2.26. The van der Waals surface area contributed by atoms with Crippen molar-refractivity contribution in [1.82, 2.24) is 0 Å². The van der Waals surface area contributed by atoms with Gasteiger partial charge in [0.2, 0.25) is 0 Å². The standard InChI is InChI=1S/C24H18O5/c25-11-14-8-9-15-12-28-16(10-21(14)15)13-29-24(27)20-7-3-6-19-22(20)17-4-1-2-5-18(17)23(19)26/h1-11,14-15,21H,12-13H2/t14-,15+,21+/m0/s1. The van der Waals surface area contributed by atoms with Crippen molar-refractivity contribution in [2.45, 2.75) is 0 Å². The maximum Gasteiger partial charge on any atom is 0.339 e. The Balaban J connectivity index is 1.38. The van der Waals surface area contributed by atoms with E-state index in [9.17, 15) is 14.4 Å². The van der Waals surface area contributed by atoms with Gasteiger partial charge < -0.3 is 14.3 Å². The zero-order valence-electron chi connectivity index (χ0n) is 15.5. The van der Waals surface area contributed by atoms with Crippen LogP contribution in [-0.2, 0) is 14.3 Å². The van der Waals surface area contributed by atoms with Gasteiger partial charge in [0.25, 0.3) is 0 Å². The molecule has 0 spiro atoms. The SMILES string of the molecule is O=C[C@@H]1C=C[C@@H]2COC(COC(=O)c3cccc4c3-c3ccccc3C4=O)=C[C@H]12. The summed E-state index contributed by atoms with van der Waals surface area (Å²) in [5.74, 6) is 0.0522. The third-order valence-corrected chi connectivity index (χ3v) is 5.83. The van der Waals surface area contributed by atoms with Crippen LogP contribution in [0.15, 0.2) is 66.5 Å². The number of carbonyl (C=O) groups is 3. The lowest BCUT2D eigenvalue weighted by Crippen LogP contribution is -2.25. The summed E-state index contributed by atoms with van der Waals surface area (Å²) in [6.45, 7) is 0.463. The van der Waals surface area contributed by atoms with Crippen LogP contribution in [0.4, 0.5) is 0 Å². The van der Waals surface area contributed by atoms with Gasteiger partial charge in [0.05, 0.1) is 12.2 Å². The molecule has 0 bridgehead atoms.